The molecular weight excluding hydrogens is 216 g/mol. The zero-order valence-corrected chi connectivity index (χ0v) is 9.78. The van der Waals surface area contributed by atoms with Crippen molar-refractivity contribution in [3.63, 3.8) is 0 Å². The molecule has 0 bridgehead atoms. The second-order valence-electron chi connectivity index (χ2n) is 4.34. The van der Waals surface area contributed by atoms with Crippen molar-refractivity contribution < 1.29 is 9.90 Å². The number of benzene rings is 1. The number of carbonyl (C=O) groups is 1. The van der Waals surface area contributed by atoms with Crippen LogP contribution in [0.1, 0.15) is 24.0 Å². The third-order valence-electron chi connectivity index (χ3n) is 3.05. The van der Waals surface area contributed by atoms with Gasteiger partial charge in [-0.2, -0.15) is 0 Å². The van der Waals surface area contributed by atoms with Crippen molar-refractivity contribution in [2.45, 2.75) is 32.0 Å². The minimum Gasteiger partial charge on any atom is -0.392 e. The van der Waals surface area contributed by atoms with E-state index in [0.29, 0.717) is 6.54 Å². The summed E-state index contributed by atoms with van der Waals surface area (Å²) in [4.78, 5) is 11.7. The normalized spacial score (nSPS) is 19.2. The summed E-state index contributed by atoms with van der Waals surface area (Å²) in [5.74, 6) is 0.0775. The molecule has 1 atom stereocenters. The fourth-order valence-corrected chi connectivity index (χ4v) is 1.98. The highest BCUT2D eigenvalue weighted by Gasteiger charge is 2.21. The lowest BCUT2D eigenvalue weighted by Gasteiger charge is -2.11. The molecule has 4 nitrogen and oxygen atoms in total. The van der Waals surface area contributed by atoms with Gasteiger partial charge >= 0.3 is 0 Å². The van der Waals surface area contributed by atoms with Gasteiger partial charge < -0.3 is 15.7 Å². The highest BCUT2D eigenvalue weighted by Crippen LogP contribution is 2.06. The standard InChI is InChI=1S/C13H18N2O2/c16-9-11-5-3-10(4-6-11)8-15-13(17)12-2-1-7-14-12/h3-6,12,14,16H,1-2,7-9H2,(H,15,17)/t12-/m1/s1. The molecule has 1 fully saturated rings. The fourth-order valence-electron chi connectivity index (χ4n) is 1.98. The maximum Gasteiger partial charge on any atom is 0.237 e. The first-order valence-electron chi connectivity index (χ1n) is 5.99. The minimum atomic E-state index is -0.0216. The Hall–Kier alpha value is -1.39. The number of rotatable bonds is 4. The molecule has 0 aliphatic carbocycles. The minimum absolute atomic E-state index is 0.0216. The van der Waals surface area contributed by atoms with Gasteiger partial charge in [-0.15, -0.1) is 0 Å². The summed E-state index contributed by atoms with van der Waals surface area (Å²) in [6.45, 7) is 1.53. The molecule has 4 heteroatoms. The number of hydrogen-bond acceptors (Lipinski definition) is 3. The Morgan fingerprint density at radius 3 is 2.65 bits per heavy atom. The SMILES string of the molecule is O=C(NCc1ccc(CO)cc1)[C@H]1CCCN1. The van der Waals surface area contributed by atoms with Gasteiger partial charge in [-0.25, -0.2) is 0 Å². The van der Waals surface area contributed by atoms with Gasteiger partial charge in [0.1, 0.15) is 0 Å². The van der Waals surface area contributed by atoms with Crippen LogP contribution in [0.3, 0.4) is 0 Å². The molecular formula is C13H18N2O2. The predicted octanol–water partition coefficient (Wildman–Crippen LogP) is 0.547. The highest BCUT2D eigenvalue weighted by molar-refractivity contribution is 5.81. The van der Waals surface area contributed by atoms with Crippen molar-refractivity contribution in [1.82, 2.24) is 10.6 Å². The molecule has 0 unspecified atom stereocenters. The number of carbonyl (C=O) groups excluding carboxylic acids is 1. The molecule has 3 N–H and O–H groups in total. The third-order valence-corrected chi connectivity index (χ3v) is 3.05. The molecule has 0 saturated carbocycles. The summed E-state index contributed by atoms with van der Waals surface area (Å²) in [5.41, 5.74) is 1.94. The molecule has 1 saturated heterocycles. The van der Waals surface area contributed by atoms with E-state index in [2.05, 4.69) is 10.6 Å². The summed E-state index contributed by atoms with van der Waals surface area (Å²) in [7, 11) is 0. The second-order valence-corrected chi connectivity index (χ2v) is 4.34. The van der Waals surface area contributed by atoms with Gasteiger partial charge in [-0.05, 0) is 30.5 Å². The van der Waals surface area contributed by atoms with Crippen molar-refractivity contribution >= 4 is 5.91 Å². The molecule has 1 aliphatic rings. The highest BCUT2D eigenvalue weighted by atomic mass is 16.3. The zero-order valence-electron chi connectivity index (χ0n) is 9.78. The maximum atomic E-state index is 11.7. The first-order valence-corrected chi connectivity index (χ1v) is 5.99. The predicted molar refractivity (Wildman–Crippen MR) is 65.2 cm³/mol. The molecule has 0 radical (unpaired) electrons. The van der Waals surface area contributed by atoms with E-state index in [1.54, 1.807) is 0 Å². The maximum absolute atomic E-state index is 11.7. The van der Waals surface area contributed by atoms with Crippen molar-refractivity contribution in [1.29, 1.82) is 0 Å². The first-order chi connectivity index (χ1) is 8.29. The van der Waals surface area contributed by atoms with Crippen molar-refractivity contribution in [2.75, 3.05) is 6.54 Å². The quantitative estimate of drug-likeness (QED) is 0.713. The molecule has 17 heavy (non-hydrogen) atoms. The van der Waals surface area contributed by atoms with Crippen LogP contribution in [0.2, 0.25) is 0 Å². The Morgan fingerprint density at radius 1 is 1.35 bits per heavy atom. The van der Waals surface area contributed by atoms with E-state index in [1.165, 1.54) is 0 Å². The van der Waals surface area contributed by atoms with Crippen LogP contribution >= 0.6 is 0 Å². The number of aliphatic hydroxyl groups is 1. The molecule has 1 aliphatic heterocycles. The van der Waals surface area contributed by atoms with E-state index in [4.69, 9.17) is 5.11 Å². The van der Waals surface area contributed by atoms with E-state index < -0.39 is 0 Å². The smallest absolute Gasteiger partial charge is 0.237 e. The average molecular weight is 234 g/mol. The van der Waals surface area contributed by atoms with E-state index in [1.807, 2.05) is 24.3 Å². The summed E-state index contributed by atoms with van der Waals surface area (Å²) in [5, 5.41) is 15.0. The van der Waals surface area contributed by atoms with Crippen LogP contribution in [-0.4, -0.2) is 23.6 Å². The average Bonchev–Trinajstić information content (AvgIpc) is 2.90. The Kier molecular flexibility index (Phi) is 4.12. The molecule has 0 spiro atoms. The van der Waals surface area contributed by atoms with Crippen LogP contribution in [0.25, 0.3) is 0 Å². The van der Waals surface area contributed by atoms with Gasteiger partial charge in [-0.1, -0.05) is 24.3 Å². The lowest BCUT2D eigenvalue weighted by atomic mass is 10.1. The topological polar surface area (TPSA) is 61.4 Å². The molecule has 0 aromatic heterocycles. The Labute approximate surface area is 101 Å². The molecule has 1 amide bonds. The van der Waals surface area contributed by atoms with Crippen LogP contribution in [-0.2, 0) is 17.9 Å². The molecule has 1 aromatic rings. The van der Waals surface area contributed by atoms with Gasteiger partial charge in [0.15, 0.2) is 0 Å². The Morgan fingerprint density at radius 2 is 2.06 bits per heavy atom. The van der Waals surface area contributed by atoms with E-state index in [-0.39, 0.29) is 18.6 Å². The summed E-state index contributed by atoms with van der Waals surface area (Å²) in [6, 6.07) is 7.57. The molecule has 92 valence electrons. The fraction of sp³-hybridized carbons (Fsp3) is 0.462. The zero-order chi connectivity index (χ0) is 12.1. The lowest BCUT2D eigenvalue weighted by molar-refractivity contribution is -0.122. The van der Waals surface area contributed by atoms with Crippen molar-refractivity contribution in [2.24, 2.45) is 0 Å². The van der Waals surface area contributed by atoms with Gasteiger partial charge in [-0.3, -0.25) is 4.79 Å². The molecule has 1 heterocycles. The van der Waals surface area contributed by atoms with Crippen molar-refractivity contribution in [3.8, 4) is 0 Å². The summed E-state index contributed by atoms with van der Waals surface area (Å²) < 4.78 is 0. The lowest BCUT2D eigenvalue weighted by Crippen LogP contribution is -2.39. The van der Waals surface area contributed by atoms with Crippen LogP contribution in [0, 0.1) is 0 Å². The first kappa shape index (κ1) is 12.1. The van der Waals surface area contributed by atoms with Gasteiger partial charge in [0.2, 0.25) is 5.91 Å². The van der Waals surface area contributed by atoms with Gasteiger partial charge in [0.05, 0.1) is 12.6 Å². The van der Waals surface area contributed by atoms with Crippen LogP contribution in [0.15, 0.2) is 24.3 Å². The molecule has 1 aromatic carbocycles. The van der Waals surface area contributed by atoms with E-state index >= 15 is 0 Å². The number of nitrogens with one attached hydrogen (secondary N) is 2. The second kappa shape index (κ2) is 5.80. The molecule has 2 rings (SSSR count). The van der Waals surface area contributed by atoms with Gasteiger partial charge in [0, 0.05) is 6.54 Å². The van der Waals surface area contributed by atoms with E-state index in [9.17, 15) is 4.79 Å². The van der Waals surface area contributed by atoms with Crippen molar-refractivity contribution in [3.05, 3.63) is 35.4 Å². The van der Waals surface area contributed by atoms with Crippen LogP contribution in [0.4, 0.5) is 0 Å². The third kappa shape index (κ3) is 3.28. The van der Waals surface area contributed by atoms with E-state index in [0.717, 1.165) is 30.5 Å². The largest absolute Gasteiger partial charge is 0.392 e. The summed E-state index contributed by atoms with van der Waals surface area (Å²) in [6.07, 6.45) is 2.00. The Balaban J connectivity index is 1.82. The van der Waals surface area contributed by atoms with Crippen LogP contribution in [0.5, 0.6) is 0 Å². The monoisotopic (exact) mass is 234 g/mol. The van der Waals surface area contributed by atoms with Gasteiger partial charge in [0.25, 0.3) is 0 Å². The number of aliphatic hydroxyl groups excluding tert-OH is 1. The van der Waals surface area contributed by atoms with Crippen LogP contribution < -0.4 is 10.6 Å². The Bertz CT molecular complexity index is 370. The number of amides is 1. The summed E-state index contributed by atoms with van der Waals surface area (Å²) >= 11 is 0. The number of hydrogen-bond donors (Lipinski definition) is 3.